The van der Waals surface area contributed by atoms with Crippen LogP contribution >= 0.6 is 12.6 Å². The molecule has 85 heavy (non-hydrogen) atoms. The molecule has 0 radical (unpaired) electrons. The highest BCUT2D eigenvalue weighted by Crippen LogP contribution is 2.42. The molecule has 4 heterocycles. The van der Waals surface area contributed by atoms with Gasteiger partial charge in [0.2, 0.25) is 35.4 Å². The molecular formula is C60H90FN9O14S. The third kappa shape index (κ3) is 27.3. The molecule has 2 aromatic heterocycles. The number of hydrogen-bond acceptors (Lipinski definition) is 16. The van der Waals surface area contributed by atoms with E-state index < -0.39 is 46.9 Å². The SMILES string of the molecule is CC.CC.CC.CCC.CNCC(=O)NCC(=O)NCOCC(N)=O.Cc1c(F)cc2nc3c(c4c2c1CCC4)Cn1c-3cc2c(c1=O)COC(=O)C2O.Cc1ccccc1.O=CCNC(=O)CNC(=O)CCCCCNC(=O)C(S)CC(=O)O. The molecule has 1 aliphatic carbocycles. The second kappa shape index (κ2) is 44.0. The Hall–Kier alpha value is -7.61. The minimum absolute atomic E-state index is 0.0833. The Morgan fingerprint density at radius 3 is 2.01 bits per heavy atom. The highest BCUT2D eigenvalue weighted by molar-refractivity contribution is 7.81. The standard InChI is InChI=1S/C22H17FN2O4.C14H23N3O6S.C8H16N4O4.C7H8.C3H8.3C2H6/c1-9-10-3-2-4-11-13-7-25-17(19(13)24-16(18(10)11)6-15(9)23)5-12-14(21(25)27)8-29-22(28)20(12)26;18-7-6-15-12(20)9-17-11(19)4-2-1-3-5-16-14(23)10(24)8-13(21)22;1-10-2-7(14)11-3-8(15)12-5-16-4-6(9)13;1-7-5-3-2-4-6-7;1-3-2;3*1-2/h5-6,20,26H,2-4,7-8H2,1H3;7,10,24H,1-6,8-9H2,(H,15,20)(H,16,23)(H,17,19)(H,21,22);10H,2-5H2,1H3,(H2,9,13)(H,11,14)(H,12,15);2-6H,1H3;3H2,1-2H3;3*1-2H3. The Labute approximate surface area is 503 Å². The number of aliphatic hydroxyl groups excluding tert-OH is 1. The van der Waals surface area contributed by atoms with Crippen molar-refractivity contribution in [2.75, 3.05) is 53.1 Å². The number of unbranched alkanes of at least 4 members (excludes halogenated alkanes) is 2. The van der Waals surface area contributed by atoms with Crippen LogP contribution in [0.2, 0.25) is 0 Å². The zero-order chi connectivity index (χ0) is 64.6. The number of thiol groups is 1. The van der Waals surface area contributed by atoms with Crippen molar-refractivity contribution in [3.63, 3.8) is 0 Å². The number of aldehydes is 1. The fraction of sp³-hybridized carbons (Fsp3) is 0.517. The number of likely N-dealkylation sites (N-methyl/N-ethyl adjacent to an activating group) is 1. The number of esters is 1. The van der Waals surface area contributed by atoms with Gasteiger partial charge in [0.1, 0.15) is 32.0 Å². The van der Waals surface area contributed by atoms with E-state index in [1.807, 2.05) is 59.7 Å². The van der Waals surface area contributed by atoms with Crippen LogP contribution in [0.15, 0.2) is 47.3 Å². The van der Waals surface area contributed by atoms with Gasteiger partial charge in [-0.15, -0.1) is 0 Å². The van der Waals surface area contributed by atoms with Crippen LogP contribution in [0.1, 0.15) is 145 Å². The number of nitrogens with one attached hydrogen (secondary N) is 6. The van der Waals surface area contributed by atoms with Crippen molar-refractivity contribution in [3.8, 4) is 11.4 Å². The smallest absolute Gasteiger partial charge is 0.340 e. The Morgan fingerprint density at radius 1 is 0.835 bits per heavy atom. The molecule has 6 amide bonds. The minimum atomic E-state index is -1.48. The number of aliphatic hydroxyl groups is 1. The quantitative estimate of drug-likeness (QED) is 0.0156. The van der Waals surface area contributed by atoms with Gasteiger partial charge in [0.15, 0.2) is 6.10 Å². The van der Waals surface area contributed by atoms with Crippen LogP contribution in [0.25, 0.3) is 22.3 Å². The average molecular weight is 1210 g/mol. The maximum atomic E-state index is 14.5. The lowest BCUT2D eigenvalue weighted by Gasteiger charge is -2.22. The molecule has 7 rings (SSSR count). The molecule has 0 fully saturated rings. The summed E-state index contributed by atoms with van der Waals surface area (Å²) in [6, 6.07) is 13.4. The van der Waals surface area contributed by atoms with Gasteiger partial charge in [-0.1, -0.05) is 104 Å². The lowest BCUT2D eigenvalue weighted by molar-refractivity contribution is -0.157. The molecule has 2 aliphatic heterocycles. The first-order valence-corrected chi connectivity index (χ1v) is 29.2. The van der Waals surface area contributed by atoms with Gasteiger partial charge >= 0.3 is 11.9 Å². The van der Waals surface area contributed by atoms with Crippen molar-refractivity contribution < 1.29 is 67.2 Å². The molecule has 0 spiro atoms. The third-order valence-corrected chi connectivity index (χ3v) is 12.2. The number of rotatable bonds is 21. The van der Waals surface area contributed by atoms with Crippen molar-refractivity contribution in [1.29, 1.82) is 0 Å². The number of carbonyl (C=O) groups excluding carboxylic acids is 8. The molecule has 10 N–H and O–H groups in total. The number of ether oxygens (including phenoxy) is 2. The molecule has 23 nitrogen and oxygen atoms in total. The number of halogens is 1. The summed E-state index contributed by atoms with van der Waals surface area (Å²) in [5.74, 6) is -4.55. The van der Waals surface area contributed by atoms with Crippen molar-refractivity contribution in [2.45, 2.75) is 152 Å². The molecule has 0 bridgehead atoms. The van der Waals surface area contributed by atoms with Crippen LogP contribution in [0.4, 0.5) is 4.39 Å². The second-order valence-corrected chi connectivity index (χ2v) is 18.8. The van der Waals surface area contributed by atoms with Crippen LogP contribution in [0.5, 0.6) is 0 Å². The largest absolute Gasteiger partial charge is 0.481 e. The van der Waals surface area contributed by atoms with Crippen LogP contribution in [0, 0.1) is 19.7 Å². The van der Waals surface area contributed by atoms with Gasteiger partial charge in [-0.2, -0.15) is 12.6 Å². The number of carboxylic acids is 1. The molecule has 2 unspecified atom stereocenters. The van der Waals surface area contributed by atoms with E-state index in [1.165, 1.54) is 18.1 Å². The number of carboxylic acid groups (broad SMARTS) is 1. The normalized spacial score (nSPS) is 12.6. The molecule has 3 aliphatic rings. The van der Waals surface area contributed by atoms with E-state index in [0.717, 1.165) is 41.3 Å². The van der Waals surface area contributed by atoms with Crippen molar-refractivity contribution >= 4 is 77.2 Å². The monoisotopic (exact) mass is 1210 g/mol. The summed E-state index contributed by atoms with van der Waals surface area (Å²) < 4.78 is 25.7. The van der Waals surface area contributed by atoms with E-state index in [0.29, 0.717) is 66.7 Å². The van der Waals surface area contributed by atoms with Crippen LogP contribution in [-0.2, 0) is 78.6 Å². The summed E-state index contributed by atoms with van der Waals surface area (Å²) in [6.45, 7) is 20.1. The Balaban J connectivity index is 0.00000114. The van der Waals surface area contributed by atoms with Gasteiger partial charge in [0.05, 0.1) is 66.9 Å². The van der Waals surface area contributed by atoms with Crippen LogP contribution < -0.4 is 43.2 Å². The summed E-state index contributed by atoms with van der Waals surface area (Å²) >= 11 is 3.90. The van der Waals surface area contributed by atoms with E-state index in [-0.39, 0.29) is 87.7 Å². The highest BCUT2D eigenvalue weighted by atomic mass is 32.1. The summed E-state index contributed by atoms with van der Waals surface area (Å²) in [7, 11) is 1.62. The number of pyridine rings is 2. The predicted molar refractivity (Wildman–Crippen MR) is 327 cm³/mol. The number of nitrogens with zero attached hydrogens (tertiary/aromatic N) is 2. The van der Waals surface area contributed by atoms with E-state index in [4.69, 9.17) is 20.6 Å². The molecule has 0 saturated carbocycles. The van der Waals surface area contributed by atoms with Crippen molar-refractivity contribution in [1.82, 2.24) is 41.5 Å². The molecule has 4 aromatic rings. The Kier molecular flexibility index (Phi) is 40.0. The number of cyclic esters (lactones) is 1. The van der Waals surface area contributed by atoms with Crippen molar-refractivity contribution in [2.24, 2.45) is 5.73 Å². The Morgan fingerprint density at radius 2 is 1.44 bits per heavy atom. The fourth-order valence-corrected chi connectivity index (χ4v) is 8.25. The summed E-state index contributed by atoms with van der Waals surface area (Å²) in [5, 5.41) is 33.5. The zero-order valence-corrected chi connectivity index (χ0v) is 52.0. The molecule has 2 aromatic carbocycles. The van der Waals surface area contributed by atoms with E-state index in [1.54, 1.807) is 24.6 Å². The number of aliphatic carboxylic acids is 1. The number of primary amides is 1. The molecule has 0 saturated heterocycles. The zero-order valence-electron chi connectivity index (χ0n) is 51.1. The van der Waals surface area contributed by atoms with Crippen molar-refractivity contribution in [3.05, 3.63) is 97.6 Å². The number of hydrogen-bond donors (Lipinski definition) is 10. The van der Waals surface area contributed by atoms with E-state index >= 15 is 0 Å². The van der Waals surface area contributed by atoms with Crippen LogP contribution in [0.3, 0.4) is 0 Å². The van der Waals surface area contributed by atoms with Gasteiger partial charge in [0, 0.05) is 35.5 Å². The van der Waals surface area contributed by atoms with Crippen LogP contribution in [-0.4, -0.2) is 132 Å². The summed E-state index contributed by atoms with van der Waals surface area (Å²) in [4.78, 5) is 116. The first-order valence-electron chi connectivity index (χ1n) is 28.6. The summed E-state index contributed by atoms with van der Waals surface area (Å²) in [6.07, 6.45) is 4.77. The number of amides is 6. The molecule has 472 valence electrons. The maximum Gasteiger partial charge on any atom is 0.340 e. The lowest BCUT2D eigenvalue weighted by atomic mass is 9.85. The number of fused-ring (bicyclic) bond motifs is 5. The van der Waals surface area contributed by atoms with Gasteiger partial charge in [0.25, 0.3) is 5.56 Å². The number of carbonyl (C=O) groups is 9. The van der Waals surface area contributed by atoms with Gasteiger partial charge in [-0.25, -0.2) is 14.2 Å². The molecular weight excluding hydrogens is 1120 g/mol. The first kappa shape index (κ1) is 77.4. The lowest BCUT2D eigenvalue weighted by Crippen LogP contribution is -2.41. The number of aromatic nitrogens is 2. The molecule has 2 atom stereocenters. The van der Waals surface area contributed by atoms with Gasteiger partial charge in [-0.3, -0.25) is 38.4 Å². The average Bonchev–Trinajstić information content (AvgIpc) is 1.67. The second-order valence-electron chi connectivity index (χ2n) is 18.2. The Bertz CT molecular complexity index is 2850. The predicted octanol–water partition coefficient (Wildman–Crippen LogP) is 4.71. The fourth-order valence-electron chi connectivity index (χ4n) is 8.01. The first-order chi connectivity index (χ1) is 40.7. The van der Waals surface area contributed by atoms with E-state index in [9.17, 15) is 57.4 Å². The number of benzene rings is 2. The minimum Gasteiger partial charge on any atom is -0.481 e. The molecule has 25 heteroatoms. The highest BCUT2D eigenvalue weighted by Gasteiger charge is 2.35. The number of aryl methyl sites for hydroxylation is 3. The maximum absolute atomic E-state index is 14.5. The third-order valence-electron chi connectivity index (χ3n) is 11.8. The van der Waals surface area contributed by atoms with E-state index in [2.05, 4.69) is 82.2 Å². The summed E-state index contributed by atoms with van der Waals surface area (Å²) in [5.41, 5.74) is 12.0. The van der Waals surface area contributed by atoms with Gasteiger partial charge in [-0.05, 0) is 75.8 Å². The van der Waals surface area contributed by atoms with Gasteiger partial charge < -0.3 is 66.7 Å². The number of nitrogens with two attached hydrogens (primary N) is 1. The topological polar surface area (TPSA) is 346 Å².